The number of nitrogens with two attached hydrogens (primary N) is 1. The lowest BCUT2D eigenvalue weighted by Gasteiger charge is -2.48. The highest BCUT2D eigenvalue weighted by Gasteiger charge is 2.55. The van der Waals surface area contributed by atoms with Gasteiger partial charge < -0.3 is 36.2 Å². The predicted octanol–water partition coefficient (Wildman–Crippen LogP) is -2.20. The molecular weight excluding hydrogens is 308 g/mol. The van der Waals surface area contributed by atoms with Gasteiger partial charge in [0.2, 0.25) is 5.91 Å². The second-order valence-corrected chi connectivity index (χ2v) is 6.22. The van der Waals surface area contributed by atoms with Crippen LogP contribution in [-0.4, -0.2) is 74.9 Å². The maximum absolute atomic E-state index is 11.7. The number of carboxylic acids is 1. The van der Waals surface area contributed by atoms with E-state index in [1.165, 1.54) is 6.92 Å². The highest BCUT2D eigenvalue weighted by molar-refractivity contribution is 5.78. The van der Waals surface area contributed by atoms with Crippen LogP contribution in [0.3, 0.4) is 0 Å². The maximum atomic E-state index is 11.7. The smallest absolute Gasteiger partial charge is 0.336 e. The van der Waals surface area contributed by atoms with Gasteiger partial charge in [-0.3, -0.25) is 4.79 Å². The molecule has 0 aromatic carbocycles. The van der Waals surface area contributed by atoms with Crippen molar-refractivity contribution in [1.82, 2.24) is 5.32 Å². The summed E-state index contributed by atoms with van der Waals surface area (Å²) in [4.78, 5) is 23.0. The molecule has 0 aliphatic carbocycles. The van der Waals surface area contributed by atoms with Gasteiger partial charge in [-0.1, -0.05) is 13.8 Å². The van der Waals surface area contributed by atoms with Gasteiger partial charge in [0.05, 0.1) is 18.2 Å². The minimum Gasteiger partial charge on any atom is -0.479 e. The van der Waals surface area contributed by atoms with E-state index in [1.54, 1.807) is 13.8 Å². The first-order valence-electron chi connectivity index (χ1n) is 7.49. The summed E-state index contributed by atoms with van der Waals surface area (Å²) >= 11 is 0. The van der Waals surface area contributed by atoms with E-state index >= 15 is 0 Å². The molecule has 1 aliphatic heterocycles. The molecule has 134 valence electrons. The molecule has 0 radical (unpaired) electrons. The fourth-order valence-electron chi connectivity index (χ4n) is 2.83. The summed E-state index contributed by atoms with van der Waals surface area (Å²) in [5.41, 5.74) is 3.57. The maximum Gasteiger partial charge on any atom is 0.336 e. The second kappa shape index (κ2) is 7.54. The largest absolute Gasteiger partial charge is 0.479 e. The minimum atomic E-state index is -1.74. The van der Waals surface area contributed by atoms with Crippen LogP contribution >= 0.6 is 0 Å². The number of ether oxygens (including phenoxy) is 1. The lowest BCUT2D eigenvalue weighted by atomic mass is 9.78. The van der Waals surface area contributed by atoms with Gasteiger partial charge in [-0.2, -0.15) is 0 Å². The Bertz CT molecular complexity index is 445. The number of carbonyl (C=O) groups excluding carboxylic acids is 1. The first kappa shape index (κ1) is 19.8. The highest BCUT2D eigenvalue weighted by atomic mass is 16.6. The number of amides is 1. The molecule has 6 atom stereocenters. The standard InChI is InChI=1S/C14H26N2O7/c1-6(2)14(13(21)22)4-8(18)10(16-7(3)17)12(23-14)11(20)9(19)5-15/h6,8-12,18-20H,4-5,15H2,1-3H3,(H,16,17)(H,21,22)/t8-,9-,10?,11-,12?,14+/m1/s1. The number of nitrogens with one attached hydrogen (secondary N) is 1. The van der Waals surface area contributed by atoms with Crippen LogP contribution in [0.2, 0.25) is 0 Å². The molecule has 0 aromatic heterocycles. The Morgan fingerprint density at radius 2 is 1.96 bits per heavy atom. The molecule has 1 fully saturated rings. The third kappa shape index (κ3) is 3.99. The Kier molecular flexibility index (Phi) is 6.49. The molecule has 23 heavy (non-hydrogen) atoms. The van der Waals surface area contributed by atoms with Gasteiger partial charge in [0.1, 0.15) is 12.2 Å². The summed E-state index contributed by atoms with van der Waals surface area (Å²) in [6.07, 6.45) is -5.80. The Balaban J connectivity index is 3.23. The van der Waals surface area contributed by atoms with Crippen LogP contribution in [0.1, 0.15) is 27.2 Å². The number of carboxylic acid groups (broad SMARTS) is 1. The summed E-state index contributed by atoms with van der Waals surface area (Å²) in [5, 5.41) is 42.3. The zero-order chi connectivity index (χ0) is 17.9. The number of aliphatic carboxylic acids is 1. The first-order valence-corrected chi connectivity index (χ1v) is 7.49. The number of rotatable bonds is 6. The van der Waals surface area contributed by atoms with E-state index in [2.05, 4.69) is 5.32 Å². The van der Waals surface area contributed by atoms with Crippen molar-refractivity contribution < 1.29 is 34.8 Å². The monoisotopic (exact) mass is 334 g/mol. The van der Waals surface area contributed by atoms with Crippen LogP contribution in [0.4, 0.5) is 0 Å². The molecule has 1 saturated heterocycles. The summed E-state index contributed by atoms with van der Waals surface area (Å²) < 4.78 is 5.63. The van der Waals surface area contributed by atoms with E-state index in [4.69, 9.17) is 10.5 Å². The molecule has 7 N–H and O–H groups in total. The van der Waals surface area contributed by atoms with Crippen molar-refractivity contribution in [2.45, 2.75) is 63.3 Å². The zero-order valence-electron chi connectivity index (χ0n) is 13.5. The summed E-state index contributed by atoms with van der Waals surface area (Å²) in [5.74, 6) is -2.28. The Labute approximate surface area is 134 Å². The molecule has 0 aromatic rings. The average molecular weight is 334 g/mol. The SMILES string of the molecule is CC(=O)NC1C([C@H](O)[C@H](O)CN)O[C@](C(=O)O)(C(C)C)C[C@H]1O. The van der Waals surface area contributed by atoms with Gasteiger partial charge in [0, 0.05) is 19.9 Å². The normalized spacial score (nSPS) is 34.0. The molecule has 2 unspecified atom stereocenters. The lowest BCUT2D eigenvalue weighted by Crippen LogP contribution is -2.68. The molecule has 1 heterocycles. The van der Waals surface area contributed by atoms with Crippen molar-refractivity contribution in [3.8, 4) is 0 Å². The summed E-state index contributed by atoms with van der Waals surface area (Å²) in [6, 6.07) is -1.06. The highest BCUT2D eigenvalue weighted by Crippen LogP contribution is 2.37. The quantitative estimate of drug-likeness (QED) is 0.319. The van der Waals surface area contributed by atoms with Crippen LogP contribution in [0.25, 0.3) is 0 Å². The molecule has 9 nitrogen and oxygen atoms in total. The number of hydrogen-bond donors (Lipinski definition) is 6. The third-order valence-electron chi connectivity index (χ3n) is 4.26. The van der Waals surface area contributed by atoms with Gasteiger partial charge in [0.15, 0.2) is 5.60 Å². The summed E-state index contributed by atoms with van der Waals surface area (Å²) in [7, 11) is 0. The Hall–Kier alpha value is -1.26. The van der Waals surface area contributed by atoms with Crippen LogP contribution in [0.15, 0.2) is 0 Å². The molecule has 0 saturated carbocycles. The Morgan fingerprint density at radius 1 is 1.39 bits per heavy atom. The van der Waals surface area contributed by atoms with E-state index in [0.29, 0.717) is 0 Å². The Morgan fingerprint density at radius 3 is 2.35 bits per heavy atom. The lowest BCUT2D eigenvalue weighted by molar-refractivity contribution is -0.238. The van der Waals surface area contributed by atoms with Crippen molar-refractivity contribution in [1.29, 1.82) is 0 Å². The number of carbonyl (C=O) groups is 2. The van der Waals surface area contributed by atoms with Crippen molar-refractivity contribution >= 4 is 11.9 Å². The van der Waals surface area contributed by atoms with E-state index in [9.17, 15) is 30.0 Å². The first-order chi connectivity index (χ1) is 10.6. The number of aliphatic hydroxyl groups is 3. The predicted molar refractivity (Wildman–Crippen MR) is 79.4 cm³/mol. The van der Waals surface area contributed by atoms with Gasteiger partial charge in [-0.25, -0.2) is 4.79 Å². The molecule has 1 aliphatic rings. The fraction of sp³-hybridized carbons (Fsp3) is 0.857. The average Bonchev–Trinajstić information content (AvgIpc) is 2.46. The van der Waals surface area contributed by atoms with E-state index in [0.717, 1.165) is 0 Å². The van der Waals surface area contributed by atoms with Crippen LogP contribution in [0.5, 0.6) is 0 Å². The van der Waals surface area contributed by atoms with Crippen LogP contribution < -0.4 is 11.1 Å². The third-order valence-corrected chi connectivity index (χ3v) is 4.26. The molecule has 0 bridgehead atoms. The minimum absolute atomic E-state index is 0.257. The van der Waals surface area contributed by atoms with Gasteiger partial charge in [0.25, 0.3) is 0 Å². The van der Waals surface area contributed by atoms with E-state index in [-0.39, 0.29) is 13.0 Å². The molecule has 1 rings (SSSR count). The van der Waals surface area contributed by atoms with Crippen LogP contribution in [-0.2, 0) is 14.3 Å². The van der Waals surface area contributed by atoms with Crippen LogP contribution in [0, 0.1) is 5.92 Å². The van der Waals surface area contributed by atoms with Crippen molar-refractivity contribution in [2.24, 2.45) is 11.7 Å². The van der Waals surface area contributed by atoms with Crippen molar-refractivity contribution in [2.75, 3.05) is 6.54 Å². The molecular formula is C14H26N2O7. The summed E-state index contributed by atoms with van der Waals surface area (Å²) in [6.45, 7) is 4.16. The fourth-order valence-corrected chi connectivity index (χ4v) is 2.83. The second-order valence-electron chi connectivity index (χ2n) is 6.22. The van der Waals surface area contributed by atoms with Crippen molar-refractivity contribution in [3.63, 3.8) is 0 Å². The zero-order valence-corrected chi connectivity index (χ0v) is 13.5. The van der Waals surface area contributed by atoms with Gasteiger partial charge in [-0.05, 0) is 5.92 Å². The van der Waals surface area contributed by atoms with Crippen molar-refractivity contribution in [3.05, 3.63) is 0 Å². The molecule has 0 spiro atoms. The number of aliphatic hydroxyl groups excluding tert-OH is 3. The van der Waals surface area contributed by atoms with E-state index in [1.807, 2.05) is 0 Å². The van der Waals surface area contributed by atoms with E-state index < -0.39 is 53.9 Å². The molecule has 9 heteroatoms. The number of hydrogen-bond acceptors (Lipinski definition) is 7. The topological polar surface area (TPSA) is 162 Å². The molecule has 1 amide bonds. The van der Waals surface area contributed by atoms with Gasteiger partial charge >= 0.3 is 5.97 Å². The van der Waals surface area contributed by atoms with Gasteiger partial charge in [-0.15, -0.1) is 0 Å².